The van der Waals surface area contributed by atoms with Gasteiger partial charge in [0, 0.05) is 24.8 Å². The van der Waals surface area contributed by atoms with Gasteiger partial charge in [-0.15, -0.1) is 0 Å². The molecule has 2 aliphatic rings. The van der Waals surface area contributed by atoms with Gasteiger partial charge in [-0.3, -0.25) is 4.79 Å². The van der Waals surface area contributed by atoms with Crippen LogP contribution in [0.4, 0.5) is 5.69 Å². The molecule has 1 atom stereocenters. The topological polar surface area (TPSA) is 92.5 Å². The van der Waals surface area contributed by atoms with E-state index in [1.54, 1.807) is 28.6 Å². The van der Waals surface area contributed by atoms with Crippen LogP contribution in [0.25, 0.3) is 0 Å². The summed E-state index contributed by atoms with van der Waals surface area (Å²) in [7, 11) is -3.59. The van der Waals surface area contributed by atoms with Gasteiger partial charge in [0.2, 0.25) is 15.9 Å². The molecule has 30 heavy (non-hydrogen) atoms. The molecule has 1 heterocycles. The van der Waals surface area contributed by atoms with Gasteiger partial charge in [-0.2, -0.15) is 4.31 Å². The van der Waals surface area contributed by atoms with E-state index in [1.165, 1.54) is 19.3 Å². The van der Waals surface area contributed by atoms with Gasteiger partial charge < -0.3 is 11.1 Å². The summed E-state index contributed by atoms with van der Waals surface area (Å²) < 4.78 is 27.8. The van der Waals surface area contributed by atoms with Gasteiger partial charge in [0.25, 0.3) is 0 Å². The molecule has 1 aliphatic heterocycles. The van der Waals surface area contributed by atoms with Gasteiger partial charge in [-0.05, 0) is 49.9 Å². The number of nitrogens with zero attached hydrogens (tertiary/aromatic N) is 1. The van der Waals surface area contributed by atoms with E-state index in [2.05, 4.69) is 5.32 Å². The summed E-state index contributed by atoms with van der Waals surface area (Å²) in [5.74, 6) is 0.987. The number of hydrogen-bond donors (Lipinski definition) is 2. The normalized spacial score (nSPS) is 21.4. The Hall–Kier alpha value is -1.60. The molecule has 3 rings (SSSR count). The van der Waals surface area contributed by atoms with Crippen molar-refractivity contribution in [1.82, 2.24) is 9.62 Å². The first-order valence-electron chi connectivity index (χ1n) is 10.5. The number of anilines is 1. The molecular formula is C23H36N3O3S. The highest BCUT2D eigenvalue weighted by molar-refractivity contribution is 7.89. The SMILES string of the molecule is Nc1ccc(S(=O)(=O)N2CCCCC2CNC(=O)[C]2CCCCCCC2)cc1.[CH2].[CH2]. The number of nitrogens with one attached hydrogen (secondary N) is 1. The minimum absolute atomic E-state index is 0. The van der Waals surface area contributed by atoms with Gasteiger partial charge >= 0.3 is 0 Å². The maximum absolute atomic E-state index is 13.1. The maximum atomic E-state index is 13.1. The number of piperidine rings is 1. The Morgan fingerprint density at radius 3 is 2.20 bits per heavy atom. The van der Waals surface area contributed by atoms with Gasteiger partial charge in [0.1, 0.15) is 0 Å². The lowest BCUT2D eigenvalue weighted by Crippen LogP contribution is -2.49. The molecule has 0 spiro atoms. The number of benzene rings is 1. The lowest BCUT2D eigenvalue weighted by Gasteiger charge is -2.35. The number of nitrogens with two attached hydrogens (primary N) is 1. The molecule has 6 nitrogen and oxygen atoms in total. The van der Waals surface area contributed by atoms with E-state index in [-0.39, 0.29) is 31.7 Å². The third kappa shape index (κ3) is 6.71. The molecule has 167 valence electrons. The Morgan fingerprint density at radius 1 is 0.967 bits per heavy atom. The molecule has 1 unspecified atom stereocenters. The molecule has 1 saturated carbocycles. The number of sulfonamides is 1. The van der Waals surface area contributed by atoms with E-state index in [1.807, 2.05) is 0 Å². The monoisotopic (exact) mass is 434 g/mol. The Bertz CT molecular complexity index is 741. The lowest BCUT2D eigenvalue weighted by atomic mass is 9.90. The zero-order valence-corrected chi connectivity index (χ0v) is 18.8. The van der Waals surface area contributed by atoms with Gasteiger partial charge in [-0.1, -0.05) is 53.4 Å². The van der Waals surface area contributed by atoms with Crippen LogP contribution in [0.15, 0.2) is 29.2 Å². The summed E-state index contributed by atoms with van der Waals surface area (Å²) in [4.78, 5) is 12.9. The van der Waals surface area contributed by atoms with Crippen molar-refractivity contribution in [2.45, 2.75) is 75.1 Å². The Kier molecular flexibility index (Phi) is 10.8. The van der Waals surface area contributed by atoms with Crippen molar-refractivity contribution in [3.05, 3.63) is 45.0 Å². The molecule has 1 aromatic rings. The lowest BCUT2D eigenvalue weighted by molar-refractivity contribution is -0.120. The molecule has 1 aliphatic carbocycles. The highest BCUT2D eigenvalue weighted by Gasteiger charge is 2.34. The second-order valence-corrected chi connectivity index (χ2v) is 9.81. The van der Waals surface area contributed by atoms with Crippen LogP contribution in [0.1, 0.15) is 64.2 Å². The molecule has 1 aromatic carbocycles. The average molecular weight is 435 g/mol. The standard InChI is InChI=1S/C21H32N3O3S.2CH2/c22-18-11-13-20(14-12-18)28(26,27)24-15-7-6-10-19(24)16-23-21(25)17-8-4-2-1-3-5-9-17;;/h11-14,19H,1-10,15-16,22H2,(H,23,25);2*1H2. The average Bonchev–Trinajstić information content (AvgIpc) is 2.66. The van der Waals surface area contributed by atoms with Crippen LogP contribution in [0.2, 0.25) is 0 Å². The number of carbonyl (C=O) groups is 1. The van der Waals surface area contributed by atoms with E-state index >= 15 is 0 Å². The molecule has 1 saturated heterocycles. The van der Waals surface area contributed by atoms with Crippen LogP contribution >= 0.6 is 0 Å². The number of carbonyl (C=O) groups excluding carboxylic acids is 1. The van der Waals surface area contributed by atoms with Crippen molar-refractivity contribution < 1.29 is 13.2 Å². The Morgan fingerprint density at radius 2 is 1.57 bits per heavy atom. The highest BCUT2D eigenvalue weighted by atomic mass is 32.2. The Labute approximate surface area is 183 Å². The van der Waals surface area contributed by atoms with Gasteiger partial charge in [-0.25, -0.2) is 8.42 Å². The largest absolute Gasteiger partial charge is 0.399 e. The molecular weight excluding hydrogens is 398 g/mol. The smallest absolute Gasteiger partial charge is 0.243 e. The first-order chi connectivity index (χ1) is 13.5. The first-order valence-corrected chi connectivity index (χ1v) is 11.9. The molecule has 0 aromatic heterocycles. The highest BCUT2D eigenvalue weighted by Crippen LogP contribution is 2.27. The van der Waals surface area contributed by atoms with E-state index in [0.717, 1.165) is 50.9 Å². The predicted octanol–water partition coefficient (Wildman–Crippen LogP) is 3.90. The second kappa shape index (κ2) is 12.3. The maximum Gasteiger partial charge on any atom is 0.243 e. The number of amides is 1. The summed E-state index contributed by atoms with van der Waals surface area (Å²) in [6.07, 6.45) is 10.1. The van der Waals surface area contributed by atoms with Crippen molar-refractivity contribution in [2.24, 2.45) is 0 Å². The fraction of sp³-hybridized carbons (Fsp3) is 0.565. The summed E-state index contributed by atoms with van der Waals surface area (Å²) >= 11 is 0. The Balaban J connectivity index is 0.00000225. The van der Waals surface area contributed by atoms with E-state index in [4.69, 9.17) is 5.73 Å². The quantitative estimate of drug-likeness (QED) is 0.688. The summed E-state index contributed by atoms with van der Waals surface area (Å²) in [6, 6.07) is 6.13. The predicted molar refractivity (Wildman–Crippen MR) is 122 cm³/mol. The minimum atomic E-state index is -3.59. The summed E-state index contributed by atoms with van der Waals surface area (Å²) in [6.45, 7) is 0.861. The van der Waals surface area contributed by atoms with Crippen LogP contribution in [-0.4, -0.2) is 37.8 Å². The van der Waals surface area contributed by atoms with Gasteiger partial charge in [0.05, 0.1) is 10.8 Å². The molecule has 1 amide bonds. The van der Waals surface area contributed by atoms with Crippen molar-refractivity contribution in [1.29, 1.82) is 0 Å². The summed E-state index contributed by atoms with van der Waals surface area (Å²) in [5.41, 5.74) is 6.23. The molecule has 7 heteroatoms. The van der Waals surface area contributed by atoms with Crippen LogP contribution in [0.3, 0.4) is 0 Å². The third-order valence-electron chi connectivity index (χ3n) is 5.84. The van der Waals surface area contributed by atoms with Crippen molar-refractivity contribution in [2.75, 3.05) is 18.8 Å². The van der Waals surface area contributed by atoms with Gasteiger partial charge in [0.15, 0.2) is 0 Å². The zero-order chi connectivity index (χ0) is 20.0. The number of rotatable bonds is 5. The van der Waals surface area contributed by atoms with E-state index in [0.29, 0.717) is 18.8 Å². The van der Waals surface area contributed by atoms with Crippen molar-refractivity contribution in [3.63, 3.8) is 0 Å². The molecule has 2 fully saturated rings. The van der Waals surface area contributed by atoms with Crippen LogP contribution in [0.5, 0.6) is 0 Å². The van der Waals surface area contributed by atoms with Crippen molar-refractivity contribution >= 4 is 21.6 Å². The summed E-state index contributed by atoms with van der Waals surface area (Å²) in [5, 5.41) is 3.03. The fourth-order valence-corrected chi connectivity index (χ4v) is 5.86. The van der Waals surface area contributed by atoms with Crippen molar-refractivity contribution in [3.8, 4) is 0 Å². The van der Waals surface area contributed by atoms with E-state index < -0.39 is 10.0 Å². The number of nitrogen functional groups attached to an aromatic ring is 1. The van der Waals surface area contributed by atoms with E-state index in [9.17, 15) is 13.2 Å². The van der Waals surface area contributed by atoms with Crippen LogP contribution < -0.4 is 11.1 Å². The second-order valence-electron chi connectivity index (χ2n) is 7.92. The molecule has 0 bridgehead atoms. The number of hydrogen-bond acceptors (Lipinski definition) is 4. The molecule has 5 radical (unpaired) electrons. The molecule has 3 N–H and O–H groups in total. The third-order valence-corrected chi connectivity index (χ3v) is 7.80. The van der Waals surface area contributed by atoms with Crippen LogP contribution in [-0.2, 0) is 14.8 Å². The zero-order valence-electron chi connectivity index (χ0n) is 17.9. The first kappa shape index (κ1) is 26.4. The minimum Gasteiger partial charge on any atom is -0.399 e. The van der Waals surface area contributed by atoms with Crippen LogP contribution in [0, 0.1) is 20.8 Å². The fourth-order valence-electron chi connectivity index (χ4n) is 4.16.